The van der Waals surface area contributed by atoms with E-state index in [1.54, 1.807) is 0 Å². The summed E-state index contributed by atoms with van der Waals surface area (Å²) in [5, 5.41) is 10.2. The van der Waals surface area contributed by atoms with Gasteiger partial charge < -0.3 is 0 Å². The lowest BCUT2D eigenvalue weighted by Gasteiger charge is -1.95. The average molecular weight is 154 g/mol. The predicted molar refractivity (Wildman–Crippen MR) is 36.6 cm³/mol. The monoisotopic (exact) mass is 154 g/mol. The number of halogens is 1. The second-order valence-electron chi connectivity index (χ2n) is 2.07. The van der Waals surface area contributed by atoms with Crippen LogP contribution in [0, 0.1) is 28.9 Å². The molecule has 0 fully saturated rings. The summed E-state index contributed by atoms with van der Waals surface area (Å²) >= 11 is 0. The highest BCUT2D eigenvalue weighted by atomic mass is 19.1. The summed E-state index contributed by atoms with van der Waals surface area (Å²) < 4.78 is 12.6. The molecule has 57 valence electrons. The highest BCUT2D eigenvalue weighted by Gasteiger charge is 2.12. The minimum absolute atomic E-state index is 0.0498. The van der Waals surface area contributed by atoms with Gasteiger partial charge in [-0.2, -0.15) is 0 Å². The lowest BCUT2D eigenvalue weighted by molar-refractivity contribution is -0.385. The van der Waals surface area contributed by atoms with Gasteiger partial charge in [0.05, 0.1) is 10.5 Å². The Morgan fingerprint density at radius 2 is 2.27 bits per heavy atom. The number of benzene rings is 1. The number of rotatable bonds is 1. The van der Waals surface area contributed by atoms with Gasteiger partial charge in [-0.1, -0.05) is 0 Å². The third-order valence-corrected chi connectivity index (χ3v) is 1.37. The van der Waals surface area contributed by atoms with Crippen molar-refractivity contribution in [2.45, 2.75) is 6.92 Å². The summed E-state index contributed by atoms with van der Waals surface area (Å²) in [5.74, 6) is -0.598. The molecular formula is C7H5FNO2. The number of nitrogens with zero attached hydrogens (tertiary/aromatic N) is 1. The molecule has 0 heterocycles. The van der Waals surface area contributed by atoms with Crippen molar-refractivity contribution in [2.24, 2.45) is 0 Å². The molecule has 0 aliphatic carbocycles. The lowest BCUT2D eigenvalue weighted by atomic mass is 10.2. The van der Waals surface area contributed by atoms with Crippen LogP contribution in [0.15, 0.2) is 12.1 Å². The molecule has 0 aliphatic rings. The molecule has 1 aromatic rings. The summed E-state index contributed by atoms with van der Waals surface area (Å²) in [6, 6.07) is 4.56. The van der Waals surface area contributed by atoms with Gasteiger partial charge in [-0.15, -0.1) is 0 Å². The van der Waals surface area contributed by atoms with Gasteiger partial charge in [-0.25, -0.2) is 4.39 Å². The largest absolute Gasteiger partial charge is 0.275 e. The van der Waals surface area contributed by atoms with Crippen LogP contribution in [0.2, 0.25) is 0 Å². The first-order valence-corrected chi connectivity index (χ1v) is 2.93. The zero-order chi connectivity index (χ0) is 8.43. The number of hydrogen-bond donors (Lipinski definition) is 0. The first-order valence-electron chi connectivity index (χ1n) is 2.93. The zero-order valence-electron chi connectivity index (χ0n) is 5.80. The molecule has 0 atom stereocenters. The van der Waals surface area contributed by atoms with Crippen molar-refractivity contribution < 1.29 is 9.31 Å². The van der Waals surface area contributed by atoms with Crippen LogP contribution in [-0.4, -0.2) is 4.92 Å². The standard InChI is InChI=1S/C7H5FNO2/c1-5-6(8)3-2-4-7(5)9(10)11/h3-4H,1H3. The molecule has 0 saturated heterocycles. The highest BCUT2D eigenvalue weighted by molar-refractivity contribution is 5.38. The molecule has 0 saturated carbocycles. The maximum absolute atomic E-state index is 12.6. The van der Waals surface area contributed by atoms with Crippen LogP contribution in [0.3, 0.4) is 0 Å². The van der Waals surface area contributed by atoms with E-state index < -0.39 is 10.7 Å². The van der Waals surface area contributed by atoms with Crippen LogP contribution in [0.1, 0.15) is 5.56 Å². The van der Waals surface area contributed by atoms with E-state index in [1.807, 2.05) is 0 Å². The molecule has 1 rings (SSSR count). The van der Waals surface area contributed by atoms with Gasteiger partial charge >= 0.3 is 0 Å². The Bertz CT molecular complexity index is 298. The van der Waals surface area contributed by atoms with E-state index in [4.69, 9.17) is 0 Å². The van der Waals surface area contributed by atoms with Crippen LogP contribution in [0.5, 0.6) is 0 Å². The average Bonchev–Trinajstić information content (AvgIpc) is 1.94. The summed E-state index contributed by atoms with van der Waals surface area (Å²) in [4.78, 5) is 9.56. The Morgan fingerprint density at radius 1 is 1.64 bits per heavy atom. The Kier molecular flexibility index (Phi) is 1.85. The van der Waals surface area contributed by atoms with Crippen LogP contribution in [0.25, 0.3) is 0 Å². The third kappa shape index (κ3) is 1.34. The predicted octanol–water partition coefficient (Wildman–Crippen LogP) is 1.84. The third-order valence-electron chi connectivity index (χ3n) is 1.37. The first-order chi connectivity index (χ1) is 5.13. The number of nitro benzene ring substituents is 1. The first kappa shape index (κ1) is 7.65. The SMILES string of the molecule is Cc1c(F)c[c]cc1[N+](=O)[O-]. The Balaban J connectivity index is 3.27. The molecule has 1 radical (unpaired) electrons. The second-order valence-corrected chi connectivity index (χ2v) is 2.07. The van der Waals surface area contributed by atoms with E-state index in [9.17, 15) is 14.5 Å². The normalized spacial score (nSPS) is 9.64. The highest BCUT2D eigenvalue weighted by Crippen LogP contribution is 2.18. The molecule has 4 heteroatoms. The van der Waals surface area contributed by atoms with Gasteiger partial charge in [0.15, 0.2) is 0 Å². The smallest absolute Gasteiger partial charge is 0.258 e. The number of hydrogen-bond acceptors (Lipinski definition) is 2. The van der Waals surface area contributed by atoms with Gasteiger partial charge in [-0.05, 0) is 19.1 Å². The van der Waals surface area contributed by atoms with Gasteiger partial charge in [0.25, 0.3) is 5.69 Å². The van der Waals surface area contributed by atoms with Crippen LogP contribution in [0.4, 0.5) is 10.1 Å². The molecule has 0 spiro atoms. The quantitative estimate of drug-likeness (QED) is 0.457. The Labute approximate surface area is 62.6 Å². The zero-order valence-corrected chi connectivity index (χ0v) is 5.80. The van der Waals surface area contributed by atoms with Crippen molar-refractivity contribution in [3.63, 3.8) is 0 Å². The fourth-order valence-corrected chi connectivity index (χ4v) is 0.722. The molecule has 11 heavy (non-hydrogen) atoms. The van der Waals surface area contributed by atoms with Crippen LogP contribution in [-0.2, 0) is 0 Å². The maximum Gasteiger partial charge on any atom is 0.275 e. The van der Waals surface area contributed by atoms with Gasteiger partial charge in [0.2, 0.25) is 0 Å². The summed E-state index contributed by atoms with van der Waals surface area (Å²) in [6.07, 6.45) is 0. The van der Waals surface area contributed by atoms with Crippen molar-refractivity contribution in [2.75, 3.05) is 0 Å². The van der Waals surface area contributed by atoms with Crippen molar-refractivity contribution in [3.8, 4) is 0 Å². The maximum atomic E-state index is 12.6. The van der Waals surface area contributed by atoms with E-state index in [1.165, 1.54) is 6.92 Å². The van der Waals surface area contributed by atoms with E-state index in [0.717, 1.165) is 12.1 Å². The number of nitro groups is 1. The van der Waals surface area contributed by atoms with Crippen molar-refractivity contribution >= 4 is 5.69 Å². The molecule has 0 aromatic heterocycles. The van der Waals surface area contributed by atoms with Crippen LogP contribution < -0.4 is 0 Å². The summed E-state index contributed by atoms with van der Waals surface area (Å²) in [7, 11) is 0. The van der Waals surface area contributed by atoms with Crippen molar-refractivity contribution in [1.29, 1.82) is 0 Å². The fraction of sp³-hybridized carbons (Fsp3) is 0.143. The molecule has 0 bridgehead atoms. The van der Waals surface area contributed by atoms with Crippen molar-refractivity contribution in [1.82, 2.24) is 0 Å². The molecule has 3 nitrogen and oxygen atoms in total. The Morgan fingerprint density at radius 3 is 2.73 bits per heavy atom. The molecule has 0 aliphatic heterocycles. The van der Waals surface area contributed by atoms with Crippen molar-refractivity contribution in [3.05, 3.63) is 39.7 Å². The van der Waals surface area contributed by atoms with Gasteiger partial charge in [0.1, 0.15) is 5.82 Å². The molecule has 1 aromatic carbocycles. The fourth-order valence-electron chi connectivity index (χ4n) is 0.722. The van der Waals surface area contributed by atoms with Gasteiger partial charge in [-0.3, -0.25) is 10.1 Å². The van der Waals surface area contributed by atoms with Crippen LogP contribution >= 0.6 is 0 Å². The minimum atomic E-state index is -0.630. The topological polar surface area (TPSA) is 43.1 Å². The lowest BCUT2D eigenvalue weighted by Crippen LogP contribution is -1.93. The van der Waals surface area contributed by atoms with Gasteiger partial charge in [0, 0.05) is 6.07 Å². The van der Waals surface area contributed by atoms with E-state index >= 15 is 0 Å². The van der Waals surface area contributed by atoms with E-state index in [2.05, 4.69) is 6.07 Å². The second kappa shape index (κ2) is 2.65. The molecular weight excluding hydrogens is 149 g/mol. The Hall–Kier alpha value is -1.45. The molecule has 0 unspecified atom stereocenters. The minimum Gasteiger partial charge on any atom is -0.258 e. The van der Waals surface area contributed by atoms with E-state index in [0.29, 0.717) is 0 Å². The summed E-state index contributed by atoms with van der Waals surface area (Å²) in [5.41, 5.74) is -0.182. The summed E-state index contributed by atoms with van der Waals surface area (Å²) in [6.45, 7) is 1.36. The molecule has 0 N–H and O–H groups in total. The van der Waals surface area contributed by atoms with E-state index in [-0.39, 0.29) is 11.3 Å². The molecule has 0 amide bonds.